The molecule has 0 aromatic heterocycles. The monoisotopic (exact) mass is 336 g/mol. The van der Waals surface area contributed by atoms with E-state index in [9.17, 15) is 4.79 Å². The second-order valence-corrected chi connectivity index (χ2v) is 5.84. The molecular formula is C16H13ClO4S. The fourth-order valence-electron chi connectivity index (χ4n) is 2.14. The van der Waals surface area contributed by atoms with Crippen LogP contribution in [0.1, 0.15) is 15.9 Å². The highest BCUT2D eigenvalue weighted by molar-refractivity contribution is 7.98. The molecule has 0 saturated carbocycles. The number of rotatable bonds is 4. The van der Waals surface area contributed by atoms with Crippen LogP contribution in [-0.4, -0.2) is 19.0 Å². The van der Waals surface area contributed by atoms with Crippen molar-refractivity contribution in [2.24, 2.45) is 0 Å². The summed E-state index contributed by atoms with van der Waals surface area (Å²) >= 11 is 7.61. The minimum atomic E-state index is -0.362. The first-order chi connectivity index (χ1) is 10.7. The van der Waals surface area contributed by atoms with E-state index >= 15 is 0 Å². The van der Waals surface area contributed by atoms with Crippen LogP contribution < -0.4 is 9.47 Å². The quantitative estimate of drug-likeness (QED) is 0.620. The van der Waals surface area contributed by atoms with Crippen molar-refractivity contribution in [3.8, 4) is 11.5 Å². The number of carbonyl (C=O) groups is 1. The van der Waals surface area contributed by atoms with Crippen molar-refractivity contribution >= 4 is 29.3 Å². The number of thioether (sulfide) groups is 1. The number of halogens is 1. The minimum absolute atomic E-state index is 0.123. The summed E-state index contributed by atoms with van der Waals surface area (Å²) in [5, 5.41) is 0.450. The largest absolute Gasteiger partial charge is 0.457 e. The number of esters is 1. The Labute approximate surface area is 137 Å². The molecule has 0 amide bonds. The van der Waals surface area contributed by atoms with Gasteiger partial charge < -0.3 is 14.2 Å². The summed E-state index contributed by atoms with van der Waals surface area (Å²) in [6, 6.07) is 10.8. The van der Waals surface area contributed by atoms with E-state index in [1.54, 1.807) is 18.2 Å². The average Bonchev–Trinajstić information content (AvgIpc) is 3.01. The maximum Gasteiger partial charge on any atom is 0.339 e. The van der Waals surface area contributed by atoms with Crippen LogP contribution >= 0.6 is 23.4 Å². The summed E-state index contributed by atoms with van der Waals surface area (Å²) in [7, 11) is 0. The Morgan fingerprint density at radius 3 is 2.95 bits per heavy atom. The molecule has 22 heavy (non-hydrogen) atoms. The Balaban J connectivity index is 1.73. The summed E-state index contributed by atoms with van der Waals surface area (Å²) in [5.74, 6) is 0.742. The van der Waals surface area contributed by atoms with Crippen molar-refractivity contribution < 1.29 is 19.0 Å². The SMILES string of the molecule is CSc1ccccc1C(=O)OCc1cc(Cl)c2c(c1)OCO2. The van der Waals surface area contributed by atoms with Crippen LogP contribution in [0.15, 0.2) is 41.3 Å². The predicted molar refractivity (Wildman–Crippen MR) is 84.9 cm³/mol. The molecule has 0 fully saturated rings. The normalized spacial score (nSPS) is 12.3. The van der Waals surface area contributed by atoms with Crippen molar-refractivity contribution in [1.29, 1.82) is 0 Å². The molecule has 1 heterocycles. The van der Waals surface area contributed by atoms with Gasteiger partial charge in [0.2, 0.25) is 6.79 Å². The molecule has 114 valence electrons. The zero-order valence-corrected chi connectivity index (χ0v) is 13.4. The predicted octanol–water partition coefficient (Wildman–Crippen LogP) is 4.15. The van der Waals surface area contributed by atoms with Gasteiger partial charge in [-0.3, -0.25) is 0 Å². The summed E-state index contributed by atoms with van der Waals surface area (Å²) in [6.07, 6.45) is 1.92. The molecule has 0 radical (unpaired) electrons. The van der Waals surface area contributed by atoms with E-state index in [1.165, 1.54) is 11.8 Å². The lowest BCUT2D eigenvalue weighted by molar-refractivity contribution is 0.0468. The molecule has 2 aromatic carbocycles. The van der Waals surface area contributed by atoms with Gasteiger partial charge in [-0.1, -0.05) is 23.7 Å². The lowest BCUT2D eigenvalue weighted by Gasteiger charge is -2.09. The lowest BCUT2D eigenvalue weighted by Crippen LogP contribution is -2.06. The number of carbonyl (C=O) groups excluding carboxylic acids is 1. The molecule has 0 N–H and O–H groups in total. The van der Waals surface area contributed by atoms with Gasteiger partial charge in [-0.2, -0.15) is 0 Å². The van der Waals surface area contributed by atoms with E-state index in [-0.39, 0.29) is 19.4 Å². The summed E-state index contributed by atoms with van der Waals surface area (Å²) in [6.45, 7) is 0.275. The lowest BCUT2D eigenvalue weighted by atomic mass is 10.2. The highest BCUT2D eigenvalue weighted by atomic mass is 35.5. The third-order valence-electron chi connectivity index (χ3n) is 3.18. The fraction of sp³-hybridized carbons (Fsp3) is 0.188. The number of fused-ring (bicyclic) bond motifs is 1. The zero-order chi connectivity index (χ0) is 15.5. The molecular weight excluding hydrogens is 324 g/mol. The molecule has 1 aliphatic heterocycles. The second kappa shape index (κ2) is 6.50. The molecule has 0 aliphatic carbocycles. The Morgan fingerprint density at radius 2 is 2.14 bits per heavy atom. The van der Waals surface area contributed by atoms with Gasteiger partial charge in [0.15, 0.2) is 11.5 Å². The smallest absolute Gasteiger partial charge is 0.339 e. The van der Waals surface area contributed by atoms with E-state index in [1.807, 2.05) is 24.5 Å². The van der Waals surface area contributed by atoms with Gasteiger partial charge in [0.1, 0.15) is 6.61 Å². The summed E-state index contributed by atoms with van der Waals surface area (Å²) in [4.78, 5) is 13.1. The molecule has 2 aromatic rings. The standard InChI is InChI=1S/C16H13ClO4S/c1-22-14-5-3-2-4-11(14)16(18)19-8-10-6-12(17)15-13(7-10)20-9-21-15/h2-7H,8-9H2,1H3. The average molecular weight is 337 g/mol. The van der Waals surface area contributed by atoms with Crippen molar-refractivity contribution in [1.82, 2.24) is 0 Å². The van der Waals surface area contributed by atoms with Crippen molar-refractivity contribution in [3.63, 3.8) is 0 Å². The van der Waals surface area contributed by atoms with Gasteiger partial charge in [0.05, 0.1) is 10.6 Å². The molecule has 0 unspecified atom stereocenters. The first kappa shape index (κ1) is 15.1. The Bertz CT molecular complexity index is 717. The highest BCUT2D eigenvalue weighted by Gasteiger charge is 2.19. The molecule has 0 spiro atoms. The third kappa shape index (κ3) is 3.00. The molecule has 1 aliphatic rings. The molecule has 0 bridgehead atoms. The van der Waals surface area contributed by atoms with E-state index in [2.05, 4.69) is 0 Å². The van der Waals surface area contributed by atoms with E-state index in [4.69, 9.17) is 25.8 Å². The minimum Gasteiger partial charge on any atom is -0.457 e. The van der Waals surface area contributed by atoms with Crippen LogP contribution in [0.2, 0.25) is 5.02 Å². The van der Waals surface area contributed by atoms with Crippen LogP contribution in [0.25, 0.3) is 0 Å². The molecule has 0 saturated heterocycles. The number of benzene rings is 2. The second-order valence-electron chi connectivity index (χ2n) is 4.59. The third-order valence-corrected chi connectivity index (χ3v) is 4.26. The van der Waals surface area contributed by atoms with Gasteiger partial charge in [0.25, 0.3) is 0 Å². The Hall–Kier alpha value is -1.85. The van der Waals surface area contributed by atoms with Crippen molar-refractivity contribution in [3.05, 3.63) is 52.5 Å². The zero-order valence-electron chi connectivity index (χ0n) is 11.8. The van der Waals surface area contributed by atoms with E-state index in [0.29, 0.717) is 22.1 Å². The number of hydrogen-bond acceptors (Lipinski definition) is 5. The summed E-state index contributed by atoms with van der Waals surface area (Å²) in [5.41, 5.74) is 1.31. The fourth-order valence-corrected chi connectivity index (χ4v) is 3.02. The number of ether oxygens (including phenoxy) is 3. The van der Waals surface area contributed by atoms with E-state index < -0.39 is 0 Å². The molecule has 4 nitrogen and oxygen atoms in total. The molecule has 3 rings (SSSR count). The van der Waals surface area contributed by atoms with Gasteiger partial charge in [0, 0.05) is 4.90 Å². The van der Waals surface area contributed by atoms with Gasteiger partial charge in [-0.15, -0.1) is 11.8 Å². The van der Waals surface area contributed by atoms with Crippen LogP contribution in [0.4, 0.5) is 0 Å². The van der Waals surface area contributed by atoms with Crippen LogP contribution in [0.5, 0.6) is 11.5 Å². The summed E-state index contributed by atoms with van der Waals surface area (Å²) < 4.78 is 15.9. The van der Waals surface area contributed by atoms with Crippen LogP contribution in [-0.2, 0) is 11.3 Å². The van der Waals surface area contributed by atoms with Crippen LogP contribution in [0, 0.1) is 0 Å². The van der Waals surface area contributed by atoms with Crippen molar-refractivity contribution in [2.75, 3.05) is 13.0 Å². The Morgan fingerprint density at radius 1 is 1.32 bits per heavy atom. The maximum absolute atomic E-state index is 12.2. The van der Waals surface area contributed by atoms with E-state index in [0.717, 1.165) is 10.5 Å². The Kier molecular flexibility index (Phi) is 4.45. The molecule has 6 heteroatoms. The van der Waals surface area contributed by atoms with Gasteiger partial charge in [-0.25, -0.2) is 4.79 Å². The maximum atomic E-state index is 12.2. The number of hydrogen-bond donors (Lipinski definition) is 0. The van der Waals surface area contributed by atoms with Crippen molar-refractivity contribution in [2.45, 2.75) is 11.5 Å². The molecule has 0 atom stereocenters. The highest BCUT2D eigenvalue weighted by Crippen LogP contribution is 2.40. The first-order valence-corrected chi connectivity index (χ1v) is 8.17. The first-order valence-electron chi connectivity index (χ1n) is 6.57. The van der Waals surface area contributed by atoms with Gasteiger partial charge in [-0.05, 0) is 36.1 Å². The van der Waals surface area contributed by atoms with Crippen LogP contribution in [0.3, 0.4) is 0 Å². The van der Waals surface area contributed by atoms with Gasteiger partial charge >= 0.3 is 5.97 Å². The topological polar surface area (TPSA) is 44.8 Å².